The highest BCUT2D eigenvalue weighted by molar-refractivity contribution is 9.09. The quantitative estimate of drug-likeness (QED) is 0.845. The van der Waals surface area contributed by atoms with E-state index in [4.69, 9.17) is 4.74 Å². The van der Waals surface area contributed by atoms with Crippen LogP contribution in [0.2, 0.25) is 0 Å². The number of alkyl halides is 1. The Bertz CT molecular complexity index is 337. The van der Waals surface area contributed by atoms with Crippen molar-refractivity contribution in [3.05, 3.63) is 29.8 Å². The Kier molecular flexibility index (Phi) is 5.32. The summed E-state index contributed by atoms with van der Waals surface area (Å²) in [7, 11) is 0. The molecule has 1 aromatic carbocycles. The summed E-state index contributed by atoms with van der Waals surface area (Å²) in [6, 6.07) is 7.76. The summed E-state index contributed by atoms with van der Waals surface area (Å²) >= 11 is 3.12. The number of carbonyl (C=O) groups excluding carboxylic acids is 1. The lowest BCUT2D eigenvalue weighted by molar-refractivity contribution is -0.119. The molecule has 0 aliphatic heterocycles. The maximum absolute atomic E-state index is 11.2. The first-order valence-electron chi connectivity index (χ1n) is 5.25. The summed E-state index contributed by atoms with van der Waals surface area (Å²) < 4.78 is 5.35. The van der Waals surface area contributed by atoms with Gasteiger partial charge >= 0.3 is 0 Å². The fraction of sp³-hybridized carbons (Fsp3) is 0.417. The molecule has 1 atom stereocenters. The molecule has 1 unspecified atom stereocenters. The molecule has 3 nitrogen and oxygen atoms in total. The number of amides is 1. The van der Waals surface area contributed by atoms with Crippen molar-refractivity contribution in [2.75, 3.05) is 11.9 Å². The summed E-state index contributed by atoms with van der Waals surface area (Å²) in [4.78, 5) is 11.2. The molecule has 88 valence electrons. The van der Waals surface area contributed by atoms with E-state index in [0.29, 0.717) is 11.9 Å². The zero-order valence-electron chi connectivity index (χ0n) is 9.50. The second-order valence-electron chi connectivity index (χ2n) is 3.42. The Hall–Kier alpha value is -1.03. The van der Waals surface area contributed by atoms with E-state index in [-0.39, 0.29) is 11.9 Å². The average molecular weight is 286 g/mol. The number of rotatable bonds is 5. The maximum Gasteiger partial charge on any atom is 0.231 e. The fourth-order valence-corrected chi connectivity index (χ4v) is 1.54. The molecule has 0 aliphatic carbocycles. The SMILES string of the molecule is CCOc1ccc(C(C)NC(=O)CBr)cc1. The average Bonchev–Trinajstić information content (AvgIpc) is 2.30. The largest absolute Gasteiger partial charge is 0.494 e. The highest BCUT2D eigenvalue weighted by atomic mass is 79.9. The van der Waals surface area contributed by atoms with Crippen LogP contribution in [0.3, 0.4) is 0 Å². The van der Waals surface area contributed by atoms with Crippen molar-refractivity contribution in [3.63, 3.8) is 0 Å². The number of carbonyl (C=O) groups is 1. The Morgan fingerprint density at radius 1 is 1.44 bits per heavy atom. The van der Waals surface area contributed by atoms with Crippen LogP contribution >= 0.6 is 15.9 Å². The van der Waals surface area contributed by atoms with Crippen LogP contribution in [0.25, 0.3) is 0 Å². The van der Waals surface area contributed by atoms with Crippen LogP contribution < -0.4 is 10.1 Å². The molecule has 0 heterocycles. The topological polar surface area (TPSA) is 38.3 Å². The molecule has 1 aromatic rings. The van der Waals surface area contributed by atoms with Gasteiger partial charge in [0.25, 0.3) is 0 Å². The molecule has 0 saturated carbocycles. The minimum absolute atomic E-state index is 0.0126. The van der Waals surface area contributed by atoms with E-state index in [0.717, 1.165) is 11.3 Å². The lowest BCUT2D eigenvalue weighted by atomic mass is 10.1. The molecule has 0 aromatic heterocycles. The number of hydrogen-bond acceptors (Lipinski definition) is 2. The first kappa shape index (κ1) is 13.0. The van der Waals surface area contributed by atoms with Gasteiger partial charge in [-0.3, -0.25) is 4.79 Å². The third-order valence-electron chi connectivity index (χ3n) is 2.19. The molecule has 1 amide bonds. The summed E-state index contributed by atoms with van der Waals surface area (Å²) in [6.07, 6.45) is 0. The molecule has 1 rings (SSSR count). The van der Waals surface area contributed by atoms with E-state index < -0.39 is 0 Å². The van der Waals surface area contributed by atoms with E-state index >= 15 is 0 Å². The van der Waals surface area contributed by atoms with Crippen molar-refractivity contribution in [1.82, 2.24) is 5.32 Å². The Balaban J connectivity index is 2.62. The molecule has 1 N–H and O–H groups in total. The second-order valence-corrected chi connectivity index (χ2v) is 3.99. The molecule has 0 fully saturated rings. The predicted molar refractivity (Wildman–Crippen MR) is 68.0 cm³/mol. The van der Waals surface area contributed by atoms with Crippen LogP contribution in [0.4, 0.5) is 0 Å². The van der Waals surface area contributed by atoms with Gasteiger partial charge in [-0.2, -0.15) is 0 Å². The molecule has 0 bridgehead atoms. The number of nitrogens with one attached hydrogen (secondary N) is 1. The van der Waals surface area contributed by atoms with Gasteiger partial charge in [0, 0.05) is 0 Å². The molecular formula is C12H16BrNO2. The summed E-state index contributed by atoms with van der Waals surface area (Å²) in [6.45, 7) is 4.57. The standard InChI is InChI=1S/C12H16BrNO2/c1-3-16-11-6-4-10(5-7-11)9(2)14-12(15)8-13/h4-7,9H,3,8H2,1-2H3,(H,14,15). The van der Waals surface area contributed by atoms with Gasteiger partial charge in [-0.1, -0.05) is 28.1 Å². The Labute approximate surface area is 104 Å². The third kappa shape index (κ3) is 3.85. The van der Waals surface area contributed by atoms with E-state index in [9.17, 15) is 4.79 Å². The predicted octanol–water partition coefficient (Wildman–Crippen LogP) is 2.66. The van der Waals surface area contributed by atoms with E-state index in [1.165, 1.54) is 0 Å². The summed E-state index contributed by atoms with van der Waals surface area (Å²) in [5, 5.41) is 3.20. The van der Waals surface area contributed by atoms with Gasteiger partial charge in [-0.15, -0.1) is 0 Å². The lowest BCUT2D eigenvalue weighted by Crippen LogP contribution is -2.27. The number of benzene rings is 1. The smallest absolute Gasteiger partial charge is 0.231 e. The Morgan fingerprint density at radius 2 is 2.06 bits per heavy atom. The maximum atomic E-state index is 11.2. The number of hydrogen-bond donors (Lipinski definition) is 1. The van der Waals surface area contributed by atoms with Crippen molar-refractivity contribution >= 4 is 21.8 Å². The van der Waals surface area contributed by atoms with Gasteiger partial charge in [0.1, 0.15) is 5.75 Å². The highest BCUT2D eigenvalue weighted by Crippen LogP contribution is 2.17. The van der Waals surface area contributed by atoms with Crippen LogP contribution in [0.15, 0.2) is 24.3 Å². The molecule has 0 spiro atoms. The van der Waals surface area contributed by atoms with Gasteiger partial charge in [-0.05, 0) is 31.5 Å². The van der Waals surface area contributed by atoms with Gasteiger partial charge < -0.3 is 10.1 Å². The Morgan fingerprint density at radius 3 is 2.56 bits per heavy atom. The first-order chi connectivity index (χ1) is 7.67. The zero-order valence-corrected chi connectivity index (χ0v) is 11.1. The molecule has 4 heteroatoms. The van der Waals surface area contributed by atoms with Gasteiger partial charge in [-0.25, -0.2) is 0 Å². The van der Waals surface area contributed by atoms with E-state index in [1.54, 1.807) is 0 Å². The molecular weight excluding hydrogens is 270 g/mol. The van der Waals surface area contributed by atoms with Crippen molar-refractivity contribution < 1.29 is 9.53 Å². The summed E-state index contributed by atoms with van der Waals surface area (Å²) in [5.41, 5.74) is 1.07. The molecule has 0 saturated heterocycles. The van der Waals surface area contributed by atoms with Gasteiger partial charge in [0.2, 0.25) is 5.91 Å². The normalized spacial score (nSPS) is 11.9. The van der Waals surface area contributed by atoms with Crippen LogP contribution in [0.1, 0.15) is 25.5 Å². The lowest BCUT2D eigenvalue weighted by Gasteiger charge is -2.14. The highest BCUT2D eigenvalue weighted by Gasteiger charge is 2.08. The van der Waals surface area contributed by atoms with Crippen molar-refractivity contribution in [3.8, 4) is 5.75 Å². The first-order valence-corrected chi connectivity index (χ1v) is 6.37. The molecule has 0 aliphatic rings. The van der Waals surface area contributed by atoms with Crippen molar-refractivity contribution in [2.24, 2.45) is 0 Å². The fourth-order valence-electron chi connectivity index (χ4n) is 1.38. The van der Waals surface area contributed by atoms with Gasteiger partial charge in [0.05, 0.1) is 18.0 Å². The van der Waals surface area contributed by atoms with E-state index in [2.05, 4.69) is 21.2 Å². The van der Waals surface area contributed by atoms with Crippen LogP contribution in [-0.4, -0.2) is 17.8 Å². The number of ether oxygens (including phenoxy) is 1. The number of halogens is 1. The second kappa shape index (κ2) is 6.53. The monoisotopic (exact) mass is 285 g/mol. The van der Waals surface area contributed by atoms with Crippen LogP contribution in [0.5, 0.6) is 5.75 Å². The summed E-state index contributed by atoms with van der Waals surface area (Å²) in [5.74, 6) is 0.839. The molecule has 0 radical (unpaired) electrons. The van der Waals surface area contributed by atoms with Crippen LogP contribution in [0, 0.1) is 0 Å². The van der Waals surface area contributed by atoms with E-state index in [1.807, 2.05) is 38.1 Å². The van der Waals surface area contributed by atoms with Crippen molar-refractivity contribution in [2.45, 2.75) is 19.9 Å². The van der Waals surface area contributed by atoms with Crippen LogP contribution in [-0.2, 0) is 4.79 Å². The minimum Gasteiger partial charge on any atom is -0.494 e. The zero-order chi connectivity index (χ0) is 12.0. The van der Waals surface area contributed by atoms with Gasteiger partial charge in [0.15, 0.2) is 0 Å². The minimum atomic E-state index is -0.0126. The third-order valence-corrected chi connectivity index (χ3v) is 2.70. The molecule has 16 heavy (non-hydrogen) atoms. The van der Waals surface area contributed by atoms with Crippen molar-refractivity contribution in [1.29, 1.82) is 0 Å².